The van der Waals surface area contributed by atoms with Crippen LogP contribution in [-0.2, 0) is 18.9 Å². The molecule has 1 aromatic carbocycles. The zero-order valence-electron chi connectivity index (χ0n) is 10.1. The van der Waals surface area contributed by atoms with Crippen LogP contribution in [0.15, 0.2) is 17.0 Å². The molecule has 0 aliphatic carbocycles. The second kappa shape index (κ2) is 6.33. The van der Waals surface area contributed by atoms with Gasteiger partial charge in [-0.15, -0.1) is 0 Å². The number of hydrogen-bond acceptors (Lipinski definition) is 5. The summed E-state index contributed by atoms with van der Waals surface area (Å²) < 4.78 is 85.7. The molecule has 1 N–H and O–H groups in total. The van der Waals surface area contributed by atoms with Gasteiger partial charge in [-0.1, -0.05) is 0 Å². The van der Waals surface area contributed by atoms with Crippen molar-refractivity contribution in [2.75, 3.05) is 18.6 Å². The summed E-state index contributed by atoms with van der Waals surface area (Å²) in [5, 5.41) is 0. The molecule has 0 unspecified atom stereocenters. The maximum absolute atomic E-state index is 13.3. The molecule has 11 heteroatoms. The number of nitrogens with one attached hydrogen (secondary N) is 1. The molecule has 1 aromatic rings. The zero-order valence-corrected chi connectivity index (χ0v) is 12.5. The molecule has 0 heterocycles. The van der Waals surface area contributed by atoms with Crippen LogP contribution in [0.1, 0.15) is 0 Å². The lowest BCUT2D eigenvalue weighted by molar-refractivity contribution is 0.431. The molecular formula is C9H10F3NO4S3. The van der Waals surface area contributed by atoms with Gasteiger partial charge in [-0.2, -0.15) is 0 Å². The third kappa shape index (κ3) is 4.65. The van der Waals surface area contributed by atoms with E-state index in [-0.39, 0.29) is 12.3 Å². The molecule has 0 amide bonds. The average Bonchev–Trinajstić information content (AvgIpc) is 2.30. The highest BCUT2D eigenvalue weighted by atomic mass is 33.1. The van der Waals surface area contributed by atoms with Crippen LogP contribution in [0.5, 0.6) is 0 Å². The van der Waals surface area contributed by atoms with Crippen molar-refractivity contribution in [2.24, 2.45) is 0 Å². The molecule has 0 radical (unpaired) electrons. The van der Waals surface area contributed by atoms with E-state index in [1.165, 1.54) is 0 Å². The van der Waals surface area contributed by atoms with E-state index in [0.29, 0.717) is 22.9 Å². The summed E-state index contributed by atoms with van der Waals surface area (Å²) in [4.78, 5) is -1.04. The average molecular weight is 349 g/mol. The summed E-state index contributed by atoms with van der Waals surface area (Å²) in [6.45, 7) is -0.307. The highest BCUT2D eigenvalue weighted by Crippen LogP contribution is 2.19. The Bertz CT molecular complexity index is 703. The number of rotatable bonds is 6. The van der Waals surface area contributed by atoms with Gasteiger partial charge in [-0.25, -0.2) is 34.7 Å². The summed E-state index contributed by atoms with van der Waals surface area (Å²) in [6.07, 6.45) is 0.946. The van der Waals surface area contributed by atoms with Crippen LogP contribution in [-0.4, -0.2) is 35.4 Å². The van der Waals surface area contributed by atoms with E-state index in [2.05, 4.69) is 0 Å². The first kappa shape index (κ1) is 17.3. The first-order valence-corrected chi connectivity index (χ1v) is 9.90. The van der Waals surface area contributed by atoms with Gasteiger partial charge in [0.15, 0.2) is 26.3 Å². The van der Waals surface area contributed by atoms with Crippen molar-refractivity contribution in [3.05, 3.63) is 29.6 Å². The van der Waals surface area contributed by atoms with Gasteiger partial charge >= 0.3 is 0 Å². The molecule has 0 spiro atoms. The second-order valence-corrected chi connectivity index (χ2v) is 9.91. The highest BCUT2D eigenvalue weighted by Gasteiger charge is 2.23. The second-order valence-electron chi connectivity index (χ2n) is 3.60. The van der Waals surface area contributed by atoms with Crippen LogP contribution < -0.4 is 4.72 Å². The first-order chi connectivity index (χ1) is 9.04. The van der Waals surface area contributed by atoms with Crippen molar-refractivity contribution in [3.8, 4) is 0 Å². The minimum atomic E-state index is -4.39. The molecule has 0 aliphatic rings. The molecule has 1 rings (SSSR count). The molecule has 0 fully saturated rings. The smallest absolute Gasteiger partial charge is 0.218 e. The Morgan fingerprint density at radius 3 is 2.25 bits per heavy atom. The lowest BCUT2D eigenvalue weighted by Gasteiger charge is -2.07. The van der Waals surface area contributed by atoms with Crippen molar-refractivity contribution >= 4 is 29.7 Å². The van der Waals surface area contributed by atoms with Gasteiger partial charge in [0, 0.05) is 18.6 Å². The van der Waals surface area contributed by atoms with Crippen LogP contribution >= 0.6 is 10.8 Å². The maximum Gasteiger partial charge on any atom is 0.243 e. The Morgan fingerprint density at radius 2 is 1.70 bits per heavy atom. The number of halogens is 3. The summed E-state index contributed by atoms with van der Waals surface area (Å²) >= 11 is 0. The lowest BCUT2D eigenvalue weighted by Crippen LogP contribution is -2.27. The van der Waals surface area contributed by atoms with Gasteiger partial charge in [-0.05, 0) is 22.9 Å². The Balaban J connectivity index is 2.83. The van der Waals surface area contributed by atoms with Crippen molar-refractivity contribution in [3.63, 3.8) is 0 Å². The van der Waals surface area contributed by atoms with E-state index >= 15 is 0 Å². The van der Waals surface area contributed by atoms with Crippen LogP contribution in [0.4, 0.5) is 13.2 Å². The molecule has 0 aromatic heterocycles. The monoisotopic (exact) mass is 349 g/mol. The number of sulfonamides is 1. The van der Waals surface area contributed by atoms with E-state index in [0.717, 1.165) is 6.26 Å². The number of hydrogen-bond donors (Lipinski definition) is 1. The van der Waals surface area contributed by atoms with E-state index in [1.54, 1.807) is 0 Å². The van der Waals surface area contributed by atoms with Crippen LogP contribution in [0.3, 0.4) is 0 Å². The molecule has 0 bridgehead atoms. The normalized spacial score (nSPS) is 12.6. The van der Waals surface area contributed by atoms with Crippen LogP contribution in [0, 0.1) is 17.5 Å². The van der Waals surface area contributed by atoms with Crippen molar-refractivity contribution in [1.29, 1.82) is 0 Å². The molecule has 114 valence electrons. The summed E-state index contributed by atoms with van der Waals surface area (Å²) in [7, 11) is -7.22. The Kier molecular flexibility index (Phi) is 5.46. The molecule has 20 heavy (non-hydrogen) atoms. The summed E-state index contributed by atoms with van der Waals surface area (Å²) in [5.74, 6) is -5.33. The standard InChI is InChI=1S/C9H10F3NO4S3/c1-19(14,15)18-5-4-13-20(16,17)7-3-2-6(10)8(11)9(7)12/h2-3,13H,4-5H2,1H3. The van der Waals surface area contributed by atoms with E-state index in [1.807, 2.05) is 4.72 Å². The van der Waals surface area contributed by atoms with Gasteiger partial charge < -0.3 is 0 Å². The zero-order chi connectivity index (χ0) is 15.6. The van der Waals surface area contributed by atoms with E-state index in [9.17, 15) is 30.0 Å². The minimum absolute atomic E-state index is 0.108. The SMILES string of the molecule is CS(=O)(=O)SCCNS(=O)(=O)c1ccc(F)c(F)c1F. The van der Waals surface area contributed by atoms with Crippen molar-refractivity contribution in [1.82, 2.24) is 4.72 Å². The Morgan fingerprint density at radius 1 is 1.10 bits per heavy atom. The molecule has 0 atom stereocenters. The predicted molar refractivity (Wildman–Crippen MR) is 68.8 cm³/mol. The van der Waals surface area contributed by atoms with Crippen LogP contribution in [0.2, 0.25) is 0 Å². The predicted octanol–water partition coefficient (Wildman–Crippen LogP) is 1.08. The molecular weight excluding hydrogens is 339 g/mol. The molecule has 0 saturated carbocycles. The topological polar surface area (TPSA) is 80.3 Å². The van der Waals surface area contributed by atoms with Gasteiger partial charge in [-0.3, -0.25) is 0 Å². The van der Waals surface area contributed by atoms with E-state index in [4.69, 9.17) is 0 Å². The fourth-order valence-electron chi connectivity index (χ4n) is 1.16. The van der Waals surface area contributed by atoms with Gasteiger partial charge in [0.25, 0.3) is 0 Å². The molecule has 0 aliphatic heterocycles. The quantitative estimate of drug-likeness (QED) is 0.472. The summed E-state index contributed by atoms with van der Waals surface area (Å²) in [5.41, 5.74) is 0. The fourth-order valence-corrected chi connectivity index (χ4v) is 4.04. The Hall–Kier alpha value is -0.780. The van der Waals surface area contributed by atoms with Gasteiger partial charge in [0.2, 0.25) is 10.0 Å². The summed E-state index contributed by atoms with van der Waals surface area (Å²) in [6, 6.07) is 1.07. The minimum Gasteiger partial charge on any atom is -0.218 e. The van der Waals surface area contributed by atoms with Crippen molar-refractivity contribution in [2.45, 2.75) is 4.90 Å². The highest BCUT2D eigenvalue weighted by molar-refractivity contribution is 8.71. The van der Waals surface area contributed by atoms with Gasteiger partial charge in [0.1, 0.15) is 4.90 Å². The van der Waals surface area contributed by atoms with Gasteiger partial charge in [0.05, 0.1) is 0 Å². The van der Waals surface area contributed by atoms with E-state index < -0.39 is 41.2 Å². The fraction of sp³-hybridized carbons (Fsp3) is 0.333. The third-order valence-electron chi connectivity index (χ3n) is 1.98. The van der Waals surface area contributed by atoms with Crippen molar-refractivity contribution < 1.29 is 30.0 Å². The van der Waals surface area contributed by atoms with Crippen LogP contribution in [0.25, 0.3) is 0 Å². The number of benzene rings is 1. The first-order valence-electron chi connectivity index (χ1n) is 5.02. The molecule has 5 nitrogen and oxygen atoms in total. The Labute approximate surface area is 117 Å². The third-order valence-corrected chi connectivity index (χ3v) is 6.04. The maximum atomic E-state index is 13.3. The molecule has 0 saturated heterocycles. The largest absolute Gasteiger partial charge is 0.243 e. The lowest BCUT2D eigenvalue weighted by atomic mass is 10.3.